The van der Waals surface area contributed by atoms with E-state index >= 15 is 0 Å². The number of benzene rings is 2. The molecule has 0 aliphatic carbocycles. The molecule has 0 radical (unpaired) electrons. The second-order valence-corrected chi connectivity index (χ2v) is 8.20. The lowest BCUT2D eigenvalue weighted by Gasteiger charge is -2.33. The lowest BCUT2D eigenvalue weighted by molar-refractivity contribution is -0.116. The van der Waals surface area contributed by atoms with Gasteiger partial charge in [-0.1, -0.05) is 43.0 Å². The van der Waals surface area contributed by atoms with E-state index in [0.29, 0.717) is 11.8 Å². The number of rotatable bonds is 6. The lowest BCUT2D eigenvalue weighted by Crippen LogP contribution is -2.41. The molecule has 0 fully saturated rings. The number of anilines is 1. The predicted molar refractivity (Wildman–Crippen MR) is 119 cm³/mol. The van der Waals surface area contributed by atoms with Crippen LogP contribution in [0.5, 0.6) is 5.75 Å². The van der Waals surface area contributed by atoms with E-state index in [1.54, 1.807) is 0 Å². The van der Waals surface area contributed by atoms with Gasteiger partial charge in [-0.05, 0) is 49.2 Å². The molecule has 3 aromatic rings. The van der Waals surface area contributed by atoms with Crippen molar-refractivity contribution >= 4 is 23.4 Å². The number of ether oxygens (including phenoxy) is 1. The standard InChI is InChI=1S/C22H25N5O2S/c1-4-18-24-25-22-27(18)26-19(15-9-11-17(12-10-15)29-5-2)20(30-22)21(28)23-16-8-6-7-14(3)13-16/h6-13,19-20,26H,4-5H2,1-3H3,(H,23,28)/t19-,20-/m1/s1. The topological polar surface area (TPSA) is 81.1 Å². The molecule has 8 heteroatoms. The van der Waals surface area contributed by atoms with E-state index in [-0.39, 0.29) is 11.9 Å². The molecule has 156 valence electrons. The Bertz CT molecular complexity index is 1030. The fourth-order valence-corrected chi connectivity index (χ4v) is 4.55. The summed E-state index contributed by atoms with van der Waals surface area (Å²) in [7, 11) is 0. The van der Waals surface area contributed by atoms with Crippen molar-refractivity contribution in [1.29, 1.82) is 0 Å². The van der Waals surface area contributed by atoms with Crippen LogP contribution in [0.1, 0.15) is 36.8 Å². The van der Waals surface area contributed by atoms with Gasteiger partial charge in [-0.3, -0.25) is 4.79 Å². The van der Waals surface area contributed by atoms with Gasteiger partial charge in [0, 0.05) is 12.1 Å². The first kappa shape index (κ1) is 20.3. The van der Waals surface area contributed by atoms with Crippen molar-refractivity contribution in [3.05, 3.63) is 65.5 Å². The maximum absolute atomic E-state index is 13.3. The highest BCUT2D eigenvalue weighted by Crippen LogP contribution is 2.38. The zero-order valence-corrected chi connectivity index (χ0v) is 18.1. The van der Waals surface area contributed by atoms with Gasteiger partial charge in [0.2, 0.25) is 11.1 Å². The molecule has 0 saturated carbocycles. The molecule has 1 aliphatic heterocycles. The Morgan fingerprint density at radius 3 is 2.70 bits per heavy atom. The summed E-state index contributed by atoms with van der Waals surface area (Å²) in [6, 6.07) is 15.4. The molecule has 0 spiro atoms. The van der Waals surface area contributed by atoms with Crippen molar-refractivity contribution in [3.8, 4) is 5.75 Å². The summed E-state index contributed by atoms with van der Waals surface area (Å²) in [5, 5.41) is 11.8. The van der Waals surface area contributed by atoms with Crippen LogP contribution in [0.2, 0.25) is 0 Å². The van der Waals surface area contributed by atoms with Crippen LogP contribution in [0.25, 0.3) is 0 Å². The molecule has 2 aromatic carbocycles. The summed E-state index contributed by atoms with van der Waals surface area (Å²) >= 11 is 1.43. The van der Waals surface area contributed by atoms with Crippen LogP contribution in [-0.4, -0.2) is 32.6 Å². The third-order valence-corrected chi connectivity index (χ3v) is 6.13. The first-order chi connectivity index (χ1) is 14.6. The lowest BCUT2D eigenvalue weighted by atomic mass is 10.0. The molecule has 0 unspecified atom stereocenters. The van der Waals surface area contributed by atoms with Crippen molar-refractivity contribution in [2.24, 2.45) is 0 Å². The monoisotopic (exact) mass is 423 g/mol. The van der Waals surface area contributed by atoms with Gasteiger partial charge in [-0.25, -0.2) is 4.68 Å². The van der Waals surface area contributed by atoms with Crippen molar-refractivity contribution < 1.29 is 9.53 Å². The number of fused-ring (bicyclic) bond motifs is 1. The molecule has 7 nitrogen and oxygen atoms in total. The molecule has 0 saturated heterocycles. The molecule has 30 heavy (non-hydrogen) atoms. The van der Waals surface area contributed by atoms with Crippen molar-refractivity contribution in [2.45, 2.75) is 43.6 Å². The van der Waals surface area contributed by atoms with Crippen LogP contribution in [0.15, 0.2) is 53.7 Å². The minimum atomic E-state index is -0.412. The third-order valence-electron chi connectivity index (χ3n) is 4.91. The largest absolute Gasteiger partial charge is 0.494 e. The molecule has 1 aliphatic rings. The highest BCUT2D eigenvalue weighted by Gasteiger charge is 2.37. The van der Waals surface area contributed by atoms with Crippen molar-refractivity contribution in [3.63, 3.8) is 0 Å². The smallest absolute Gasteiger partial charge is 0.240 e. The number of nitrogens with one attached hydrogen (secondary N) is 2. The SMILES string of the molecule is CCOc1ccc([C@H]2Nn3c(CC)nnc3S[C@H]2C(=O)Nc2cccc(C)c2)cc1. The molecular formula is C22H25N5O2S. The van der Waals surface area contributed by atoms with E-state index in [0.717, 1.165) is 34.8 Å². The van der Waals surface area contributed by atoms with Crippen LogP contribution in [0.4, 0.5) is 5.69 Å². The Morgan fingerprint density at radius 1 is 1.20 bits per heavy atom. The molecule has 1 aromatic heterocycles. The van der Waals surface area contributed by atoms with Crippen molar-refractivity contribution in [2.75, 3.05) is 17.3 Å². The van der Waals surface area contributed by atoms with Gasteiger partial charge in [0.05, 0.1) is 12.6 Å². The highest BCUT2D eigenvalue weighted by atomic mass is 32.2. The van der Waals surface area contributed by atoms with Gasteiger partial charge in [0.15, 0.2) is 5.82 Å². The number of thioether (sulfide) groups is 1. The first-order valence-corrected chi connectivity index (χ1v) is 10.9. The zero-order valence-electron chi connectivity index (χ0n) is 17.3. The van der Waals surface area contributed by atoms with Gasteiger partial charge in [0.1, 0.15) is 11.0 Å². The Balaban J connectivity index is 1.65. The van der Waals surface area contributed by atoms with Crippen molar-refractivity contribution in [1.82, 2.24) is 14.9 Å². The average Bonchev–Trinajstić information content (AvgIpc) is 3.16. The van der Waals surface area contributed by atoms with E-state index in [1.165, 1.54) is 11.8 Å². The Hall–Kier alpha value is -3.00. The molecule has 4 rings (SSSR count). The number of nitrogens with zero attached hydrogens (tertiary/aromatic N) is 3. The average molecular weight is 424 g/mol. The Kier molecular flexibility index (Phi) is 5.94. The summed E-state index contributed by atoms with van der Waals surface area (Å²) in [6.45, 7) is 6.61. The van der Waals surface area contributed by atoms with Crippen LogP contribution >= 0.6 is 11.8 Å². The number of hydrogen-bond acceptors (Lipinski definition) is 6. The number of aromatic nitrogens is 3. The van der Waals surface area contributed by atoms with Gasteiger partial charge in [-0.2, -0.15) is 0 Å². The van der Waals surface area contributed by atoms with Gasteiger partial charge < -0.3 is 15.5 Å². The summed E-state index contributed by atoms with van der Waals surface area (Å²) in [4.78, 5) is 13.3. The molecule has 1 amide bonds. The zero-order chi connectivity index (χ0) is 21.1. The molecule has 2 N–H and O–H groups in total. The van der Waals surface area contributed by atoms with E-state index in [4.69, 9.17) is 4.74 Å². The molecule has 0 bridgehead atoms. The number of hydrogen-bond donors (Lipinski definition) is 2. The fraction of sp³-hybridized carbons (Fsp3) is 0.318. The summed E-state index contributed by atoms with van der Waals surface area (Å²) < 4.78 is 7.45. The quantitative estimate of drug-likeness (QED) is 0.625. The van der Waals surface area contributed by atoms with E-state index in [9.17, 15) is 4.79 Å². The Morgan fingerprint density at radius 2 is 2.00 bits per heavy atom. The first-order valence-electron chi connectivity index (χ1n) is 10.1. The summed E-state index contributed by atoms with van der Waals surface area (Å²) in [5.74, 6) is 1.57. The number of carbonyl (C=O) groups excluding carboxylic acids is 1. The van der Waals surface area contributed by atoms with Crippen LogP contribution < -0.4 is 15.5 Å². The molecular weight excluding hydrogens is 398 g/mol. The minimum Gasteiger partial charge on any atom is -0.494 e. The molecule has 2 atom stereocenters. The number of carbonyl (C=O) groups is 1. The van der Waals surface area contributed by atoms with Crippen LogP contribution in [0.3, 0.4) is 0 Å². The number of aryl methyl sites for hydroxylation is 2. The second-order valence-electron chi connectivity index (χ2n) is 7.09. The van der Waals surface area contributed by atoms with E-state index < -0.39 is 5.25 Å². The Labute approximate surface area is 180 Å². The third kappa shape index (κ3) is 4.14. The van der Waals surface area contributed by atoms with Gasteiger partial charge in [-0.15, -0.1) is 10.2 Å². The van der Waals surface area contributed by atoms with Crippen LogP contribution in [0, 0.1) is 6.92 Å². The normalized spacial score (nSPS) is 17.7. The highest BCUT2D eigenvalue weighted by molar-refractivity contribution is 8.00. The van der Waals surface area contributed by atoms with Gasteiger partial charge in [0.25, 0.3) is 0 Å². The van der Waals surface area contributed by atoms with E-state index in [1.807, 2.05) is 74.0 Å². The second kappa shape index (κ2) is 8.79. The van der Waals surface area contributed by atoms with Crippen LogP contribution in [-0.2, 0) is 11.2 Å². The summed E-state index contributed by atoms with van der Waals surface area (Å²) in [5.41, 5.74) is 6.34. The van der Waals surface area contributed by atoms with Gasteiger partial charge >= 0.3 is 0 Å². The fourth-order valence-electron chi connectivity index (χ4n) is 3.45. The minimum absolute atomic E-state index is 0.0794. The maximum Gasteiger partial charge on any atom is 0.240 e. The number of amides is 1. The van der Waals surface area contributed by atoms with E-state index in [2.05, 4.69) is 20.9 Å². The molecule has 2 heterocycles. The predicted octanol–water partition coefficient (Wildman–Crippen LogP) is 3.95. The summed E-state index contributed by atoms with van der Waals surface area (Å²) in [6.07, 6.45) is 0.747. The maximum atomic E-state index is 13.3.